The Morgan fingerprint density at radius 3 is 1.52 bits per heavy atom. The first-order valence-corrected chi connectivity index (χ1v) is 18.0. The average Bonchev–Trinajstić information content (AvgIpc) is 2.96. The van der Waals surface area contributed by atoms with Crippen molar-refractivity contribution in [2.24, 2.45) is 16.2 Å². The van der Waals surface area contributed by atoms with Crippen LogP contribution in [0.3, 0.4) is 0 Å². The highest BCUT2D eigenvalue weighted by Crippen LogP contribution is 2.76. The molecule has 0 aliphatic rings. The van der Waals surface area contributed by atoms with Crippen molar-refractivity contribution in [2.75, 3.05) is 26.9 Å². The fourth-order valence-electron chi connectivity index (χ4n) is 3.17. The minimum atomic E-state index is -5.61. The molecule has 1 aromatic rings. The van der Waals surface area contributed by atoms with Crippen LogP contribution in [0.25, 0.3) is 0 Å². The number of rotatable bonds is 17. The lowest BCUT2D eigenvalue weighted by Gasteiger charge is -2.36. The van der Waals surface area contributed by atoms with Crippen molar-refractivity contribution in [1.29, 1.82) is 0 Å². The summed E-state index contributed by atoms with van der Waals surface area (Å²) in [5.41, 5.74) is -2.41. The Balaban J connectivity index is 3.30. The van der Waals surface area contributed by atoms with Crippen molar-refractivity contribution in [3.63, 3.8) is 0 Å². The van der Waals surface area contributed by atoms with Crippen molar-refractivity contribution in [3.05, 3.63) is 35.9 Å². The van der Waals surface area contributed by atoms with E-state index in [4.69, 9.17) is 32.5 Å². The summed E-state index contributed by atoms with van der Waals surface area (Å²) in [6.45, 7) is 9.85. The quantitative estimate of drug-likeness (QED) is 0.0601. The number of carbonyl (C=O) groups excluding carboxylic acids is 4. The molecule has 1 aromatic carbocycles. The molecule has 2 atom stereocenters. The fourth-order valence-corrected chi connectivity index (χ4v) is 7.07. The zero-order valence-electron chi connectivity index (χ0n) is 28.9. The minimum Gasteiger partial charge on any atom is -0.445 e. The average molecular weight is 726 g/mol. The van der Waals surface area contributed by atoms with Crippen LogP contribution in [0, 0.1) is 16.2 Å². The van der Waals surface area contributed by atoms with Crippen LogP contribution >= 0.6 is 15.2 Å². The van der Waals surface area contributed by atoms with Gasteiger partial charge in [-0.3, -0.25) is 37.1 Å². The third-order valence-corrected chi connectivity index (χ3v) is 11.2. The standard InChI is InChI=1S/C30H49NO15P2/c1-27(2,3)23(32)41-19-44-47(37,38)30(36,16-13-17-31-26(35)40-18-22-14-11-10-12-15-22)48(39,45-20-42-24(33)28(4,5)6)46-21-43-25(34)29(7,8)9/h10-12,14-15,36H,13,16-21H2,1-9H3,(H,31,35)(H,37,38). The summed E-state index contributed by atoms with van der Waals surface area (Å²) in [5.74, 6) is -2.48. The molecule has 2 unspecified atom stereocenters. The van der Waals surface area contributed by atoms with Crippen LogP contribution in [-0.4, -0.2) is 66.0 Å². The van der Waals surface area contributed by atoms with Gasteiger partial charge in [0.05, 0.1) is 16.2 Å². The topological polar surface area (TPSA) is 220 Å². The molecule has 0 aliphatic carbocycles. The number of hydrogen-bond acceptors (Lipinski definition) is 14. The number of benzene rings is 1. The molecule has 0 aliphatic heterocycles. The number of carbonyl (C=O) groups is 4. The second-order valence-corrected chi connectivity index (χ2v) is 18.3. The van der Waals surface area contributed by atoms with Gasteiger partial charge < -0.3 is 34.3 Å². The number of ether oxygens (including phenoxy) is 4. The van der Waals surface area contributed by atoms with Crippen LogP contribution < -0.4 is 5.32 Å². The van der Waals surface area contributed by atoms with E-state index in [0.29, 0.717) is 5.56 Å². The van der Waals surface area contributed by atoms with Gasteiger partial charge in [-0.2, -0.15) is 0 Å². The van der Waals surface area contributed by atoms with Gasteiger partial charge in [0, 0.05) is 13.0 Å². The van der Waals surface area contributed by atoms with Crippen LogP contribution in [-0.2, 0) is 62.6 Å². The van der Waals surface area contributed by atoms with Gasteiger partial charge in [0.2, 0.25) is 20.4 Å². The van der Waals surface area contributed by atoms with E-state index in [1.165, 1.54) is 62.3 Å². The van der Waals surface area contributed by atoms with Crippen LogP contribution in [0.15, 0.2) is 30.3 Å². The molecule has 0 aromatic heterocycles. The SMILES string of the molecule is CC(C)(C)C(=O)OCOP(=O)(O)C(O)(CCCNC(=O)OCc1ccccc1)P(=O)(OCOC(=O)C(C)(C)C)OCOC(=O)C(C)(C)C. The Kier molecular flexibility index (Phi) is 15.9. The third-order valence-electron chi connectivity index (χ3n) is 6.14. The summed E-state index contributed by atoms with van der Waals surface area (Å²) < 4.78 is 63.1. The molecule has 48 heavy (non-hydrogen) atoms. The summed E-state index contributed by atoms with van der Waals surface area (Å²) in [6.07, 6.45) is -2.13. The number of aliphatic hydroxyl groups is 1. The van der Waals surface area contributed by atoms with Crippen LogP contribution in [0.4, 0.5) is 4.79 Å². The Morgan fingerprint density at radius 2 is 1.10 bits per heavy atom. The molecule has 0 saturated heterocycles. The number of amides is 1. The Bertz CT molecular complexity index is 1300. The maximum absolute atomic E-state index is 14.3. The molecule has 0 saturated carbocycles. The normalized spacial score (nSPS) is 15.0. The Labute approximate surface area is 281 Å². The highest BCUT2D eigenvalue weighted by atomic mass is 31.2. The molecule has 1 amide bonds. The molecule has 0 fully saturated rings. The fraction of sp³-hybridized carbons (Fsp3) is 0.667. The first kappa shape index (κ1) is 43.2. The summed E-state index contributed by atoms with van der Waals surface area (Å²) in [7, 11) is -11.0. The van der Waals surface area contributed by atoms with Crippen molar-refractivity contribution in [1.82, 2.24) is 5.32 Å². The lowest BCUT2D eigenvalue weighted by Crippen LogP contribution is -2.35. The first-order valence-electron chi connectivity index (χ1n) is 14.9. The van der Waals surface area contributed by atoms with E-state index in [0.717, 1.165) is 0 Å². The summed E-state index contributed by atoms with van der Waals surface area (Å²) in [5, 5.41) is 10.7. The van der Waals surface area contributed by atoms with Gasteiger partial charge in [-0.25, -0.2) is 4.79 Å². The van der Waals surface area contributed by atoms with Crippen LogP contribution in [0.1, 0.15) is 80.7 Å². The van der Waals surface area contributed by atoms with Gasteiger partial charge >= 0.3 is 39.2 Å². The number of alkyl carbamates (subject to hydrolysis) is 1. The van der Waals surface area contributed by atoms with Crippen molar-refractivity contribution >= 4 is 39.2 Å². The van der Waals surface area contributed by atoms with Gasteiger partial charge in [0.1, 0.15) is 6.61 Å². The van der Waals surface area contributed by atoms with Crippen molar-refractivity contribution in [3.8, 4) is 0 Å². The molecule has 0 bridgehead atoms. The molecule has 274 valence electrons. The van der Waals surface area contributed by atoms with Crippen LogP contribution in [0.5, 0.6) is 0 Å². The largest absolute Gasteiger partial charge is 0.445 e. The van der Waals surface area contributed by atoms with E-state index < -0.39 is 87.3 Å². The van der Waals surface area contributed by atoms with E-state index in [1.54, 1.807) is 30.3 Å². The lowest BCUT2D eigenvalue weighted by atomic mass is 9.98. The van der Waals surface area contributed by atoms with Crippen molar-refractivity contribution in [2.45, 2.75) is 86.8 Å². The summed E-state index contributed by atoms with van der Waals surface area (Å²) >= 11 is 0. The maximum Gasteiger partial charge on any atom is 0.407 e. The molecule has 3 N–H and O–H groups in total. The Morgan fingerprint density at radius 1 is 0.688 bits per heavy atom. The van der Waals surface area contributed by atoms with Gasteiger partial charge in [0.15, 0.2) is 0 Å². The number of hydrogen-bond donors (Lipinski definition) is 3. The highest BCUT2D eigenvalue weighted by molar-refractivity contribution is 7.73. The summed E-state index contributed by atoms with van der Waals surface area (Å²) in [6, 6.07) is 8.78. The first-order chi connectivity index (χ1) is 21.9. The summed E-state index contributed by atoms with van der Waals surface area (Å²) in [4.78, 5) is 60.1. The number of esters is 3. The predicted molar refractivity (Wildman–Crippen MR) is 171 cm³/mol. The molecule has 0 heterocycles. The van der Waals surface area contributed by atoms with E-state index in [2.05, 4.69) is 5.32 Å². The lowest BCUT2D eigenvalue weighted by molar-refractivity contribution is -0.162. The molecule has 16 nitrogen and oxygen atoms in total. The molecule has 18 heteroatoms. The molecular weight excluding hydrogens is 676 g/mol. The smallest absolute Gasteiger partial charge is 0.407 e. The molecule has 0 spiro atoms. The highest BCUT2D eigenvalue weighted by Gasteiger charge is 2.64. The van der Waals surface area contributed by atoms with E-state index >= 15 is 0 Å². The van der Waals surface area contributed by atoms with E-state index in [1.807, 2.05) is 0 Å². The molecule has 0 radical (unpaired) electrons. The van der Waals surface area contributed by atoms with Crippen molar-refractivity contribution < 1.29 is 70.8 Å². The zero-order valence-corrected chi connectivity index (χ0v) is 30.7. The zero-order chi connectivity index (χ0) is 37.0. The second kappa shape index (κ2) is 17.7. The van der Waals surface area contributed by atoms with Gasteiger partial charge in [0.25, 0.3) is 5.08 Å². The Hall–Kier alpha value is -2.84. The maximum atomic E-state index is 14.3. The van der Waals surface area contributed by atoms with Crippen LogP contribution in [0.2, 0.25) is 0 Å². The number of nitrogens with one attached hydrogen (secondary N) is 1. The van der Waals surface area contributed by atoms with E-state index in [9.17, 15) is 38.3 Å². The third kappa shape index (κ3) is 13.6. The second-order valence-electron chi connectivity index (χ2n) is 13.7. The van der Waals surface area contributed by atoms with Gasteiger partial charge in [-0.1, -0.05) is 30.3 Å². The molecule has 1 rings (SSSR count). The molecular formula is C30H49NO15P2. The van der Waals surface area contributed by atoms with Gasteiger partial charge in [-0.05, 0) is 74.3 Å². The minimum absolute atomic E-state index is 0.0545. The predicted octanol–water partition coefficient (Wildman–Crippen LogP) is 5.41. The van der Waals surface area contributed by atoms with E-state index in [-0.39, 0.29) is 19.6 Å². The monoisotopic (exact) mass is 725 g/mol. The van der Waals surface area contributed by atoms with Gasteiger partial charge in [-0.15, -0.1) is 0 Å².